The molecule has 1 saturated heterocycles. The minimum atomic E-state index is -0.753. The van der Waals surface area contributed by atoms with Crippen LogP contribution >= 0.6 is 0 Å². The summed E-state index contributed by atoms with van der Waals surface area (Å²) >= 11 is 0. The average Bonchev–Trinajstić information content (AvgIpc) is 2.84. The number of aldehydes is 1. The van der Waals surface area contributed by atoms with E-state index in [1.54, 1.807) is 12.2 Å². The molecule has 1 fully saturated rings. The van der Waals surface area contributed by atoms with Gasteiger partial charge < -0.3 is 14.2 Å². The summed E-state index contributed by atoms with van der Waals surface area (Å²) in [6, 6.07) is 0. The topological polar surface area (TPSA) is 96.0 Å². The fraction of sp³-hybridized carbons (Fsp3) is 0.474. The number of esters is 3. The Morgan fingerprint density at radius 1 is 1.35 bits per heavy atom. The molecule has 7 nitrogen and oxygen atoms in total. The number of ether oxygens (including phenoxy) is 3. The van der Waals surface area contributed by atoms with Gasteiger partial charge in [0.25, 0.3) is 0 Å². The predicted molar refractivity (Wildman–Crippen MR) is 90.8 cm³/mol. The lowest BCUT2D eigenvalue weighted by molar-refractivity contribution is -0.149. The second-order valence-electron chi connectivity index (χ2n) is 6.31. The zero-order valence-corrected chi connectivity index (χ0v) is 14.9. The van der Waals surface area contributed by atoms with Crippen molar-refractivity contribution in [2.75, 3.05) is 6.61 Å². The minimum Gasteiger partial charge on any atom is -0.461 e. The Hall–Kier alpha value is -2.70. The Kier molecular flexibility index (Phi) is 6.49. The fourth-order valence-electron chi connectivity index (χ4n) is 3.12. The van der Waals surface area contributed by atoms with Crippen LogP contribution in [-0.2, 0) is 33.4 Å². The predicted octanol–water partition coefficient (Wildman–Crippen LogP) is 1.81. The van der Waals surface area contributed by atoms with Crippen LogP contribution in [0.15, 0.2) is 35.5 Å². The van der Waals surface area contributed by atoms with E-state index in [1.165, 1.54) is 13.8 Å². The van der Waals surface area contributed by atoms with E-state index in [0.29, 0.717) is 24.7 Å². The van der Waals surface area contributed by atoms with Crippen LogP contribution in [0.1, 0.15) is 33.1 Å². The number of carbonyl (C=O) groups is 4. The van der Waals surface area contributed by atoms with Crippen molar-refractivity contribution in [2.24, 2.45) is 5.92 Å². The first-order valence-corrected chi connectivity index (χ1v) is 8.36. The summed E-state index contributed by atoms with van der Waals surface area (Å²) in [4.78, 5) is 46.0. The van der Waals surface area contributed by atoms with Crippen LogP contribution in [0.2, 0.25) is 0 Å². The molecule has 2 aliphatic rings. The smallest absolute Gasteiger partial charge is 0.334 e. The van der Waals surface area contributed by atoms with Gasteiger partial charge in [-0.3, -0.25) is 14.4 Å². The third kappa shape index (κ3) is 4.91. The van der Waals surface area contributed by atoms with E-state index in [0.717, 1.165) is 5.57 Å². The molecule has 0 N–H and O–H groups in total. The van der Waals surface area contributed by atoms with Gasteiger partial charge in [0.05, 0.1) is 5.92 Å². The molecular formula is C19H22O7. The van der Waals surface area contributed by atoms with Gasteiger partial charge in [-0.25, -0.2) is 4.79 Å². The summed E-state index contributed by atoms with van der Waals surface area (Å²) in [5.41, 5.74) is 1.41. The molecule has 0 saturated carbocycles. The summed E-state index contributed by atoms with van der Waals surface area (Å²) in [5, 5.41) is 0. The molecular weight excluding hydrogens is 340 g/mol. The molecule has 0 spiro atoms. The lowest BCUT2D eigenvalue weighted by Crippen LogP contribution is -2.33. The van der Waals surface area contributed by atoms with E-state index in [2.05, 4.69) is 6.58 Å². The van der Waals surface area contributed by atoms with E-state index in [-0.39, 0.29) is 18.6 Å². The Balaban J connectivity index is 2.40. The van der Waals surface area contributed by atoms with Crippen molar-refractivity contribution in [3.63, 3.8) is 0 Å². The number of rotatable bonds is 4. The first-order valence-electron chi connectivity index (χ1n) is 8.36. The highest BCUT2D eigenvalue weighted by molar-refractivity contribution is 5.91. The standard InChI is InChI=1S/C19H22O7/c1-11-18-16(25-13(3)22)7-14(9-20)5-4-6-15(10-24-12(2)21)8-17(18)26-19(11)23/h5,8-9,16-18H,1,4,6-7,10H2,2-3H3/b14-5+,15-8-/t16-,17+,18+/m0/s1. The fourth-order valence-corrected chi connectivity index (χ4v) is 3.12. The lowest BCUT2D eigenvalue weighted by atomic mass is 9.85. The van der Waals surface area contributed by atoms with Crippen molar-refractivity contribution in [2.45, 2.75) is 45.3 Å². The van der Waals surface area contributed by atoms with E-state index >= 15 is 0 Å². The van der Waals surface area contributed by atoms with Gasteiger partial charge in [-0.1, -0.05) is 12.7 Å². The molecule has 0 radical (unpaired) electrons. The number of fused-ring (bicyclic) bond motifs is 1. The average molecular weight is 362 g/mol. The lowest BCUT2D eigenvalue weighted by Gasteiger charge is -2.26. The van der Waals surface area contributed by atoms with Crippen molar-refractivity contribution < 1.29 is 33.4 Å². The second kappa shape index (κ2) is 8.60. The second-order valence-corrected chi connectivity index (χ2v) is 6.31. The summed E-state index contributed by atoms with van der Waals surface area (Å²) in [6.07, 6.45) is 3.99. The van der Waals surface area contributed by atoms with Crippen molar-refractivity contribution in [1.29, 1.82) is 0 Å². The van der Waals surface area contributed by atoms with Crippen LogP contribution in [-0.4, -0.2) is 43.0 Å². The Labute approximate surface area is 151 Å². The van der Waals surface area contributed by atoms with Crippen molar-refractivity contribution >= 4 is 24.2 Å². The molecule has 0 unspecified atom stereocenters. The first-order chi connectivity index (χ1) is 12.3. The van der Waals surface area contributed by atoms with Crippen LogP contribution in [0.3, 0.4) is 0 Å². The largest absolute Gasteiger partial charge is 0.461 e. The third-order valence-corrected chi connectivity index (χ3v) is 4.30. The number of hydrogen-bond acceptors (Lipinski definition) is 7. The zero-order chi connectivity index (χ0) is 19.3. The van der Waals surface area contributed by atoms with Gasteiger partial charge in [0.1, 0.15) is 25.1 Å². The Bertz CT molecular complexity index is 686. The van der Waals surface area contributed by atoms with Crippen LogP contribution in [0.4, 0.5) is 0 Å². The Morgan fingerprint density at radius 2 is 2.08 bits per heavy atom. The molecule has 0 bridgehead atoms. The van der Waals surface area contributed by atoms with Gasteiger partial charge >= 0.3 is 17.9 Å². The summed E-state index contributed by atoms with van der Waals surface area (Å²) in [5.74, 6) is -2.13. The van der Waals surface area contributed by atoms with Crippen LogP contribution < -0.4 is 0 Å². The molecule has 0 aromatic rings. The van der Waals surface area contributed by atoms with E-state index in [4.69, 9.17) is 14.2 Å². The van der Waals surface area contributed by atoms with Crippen molar-refractivity contribution in [3.05, 3.63) is 35.5 Å². The molecule has 26 heavy (non-hydrogen) atoms. The van der Waals surface area contributed by atoms with Gasteiger partial charge in [0, 0.05) is 25.8 Å². The number of carbonyl (C=O) groups excluding carboxylic acids is 4. The van der Waals surface area contributed by atoms with E-state index < -0.39 is 36.0 Å². The molecule has 7 heteroatoms. The maximum absolute atomic E-state index is 12.0. The van der Waals surface area contributed by atoms with Crippen LogP contribution in [0.25, 0.3) is 0 Å². The molecule has 1 aliphatic carbocycles. The molecule has 0 amide bonds. The highest BCUT2D eigenvalue weighted by Gasteiger charge is 2.44. The number of hydrogen-bond donors (Lipinski definition) is 0. The van der Waals surface area contributed by atoms with E-state index in [9.17, 15) is 19.2 Å². The molecule has 0 aromatic carbocycles. The molecule has 2 rings (SSSR count). The summed E-state index contributed by atoms with van der Waals surface area (Å²) < 4.78 is 15.8. The monoisotopic (exact) mass is 362 g/mol. The maximum atomic E-state index is 12.0. The highest BCUT2D eigenvalue weighted by atomic mass is 16.6. The van der Waals surface area contributed by atoms with Crippen LogP contribution in [0.5, 0.6) is 0 Å². The van der Waals surface area contributed by atoms with Gasteiger partial charge in [-0.15, -0.1) is 0 Å². The normalized spacial score (nSPS) is 30.0. The van der Waals surface area contributed by atoms with Crippen molar-refractivity contribution in [1.82, 2.24) is 0 Å². The summed E-state index contributed by atoms with van der Waals surface area (Å²) in [7, 11) is 0. The molecule has 0 aromatic heterocycles. The molecule has 1 heterocycles. The van der Waals surface area contributed by atoms with Crippen LogP contribution in [0, 0.1) is 5.92 Å². The van der Waals surface area contributed by atoms with Gasteiger partial charge in [0.2, 0.25) is 0 Å². The Morgan fingerprint density at radius 3 is 2.69 bits per heavy atom. The SMILES string of the molecule is C=C1C(=O)O[C@@H]2/C=C(\COC(C)=O)CC/C=C(/C=O)C[C@H](OC(C)=O)[C@@H]12. The van der Waals surface area contributed by atoms with Crippen molar-refractivity contribution in [3.8, 4) is 0 Å². The summed E-state index contributed by atoms with van der Waals surface area (Å²) in [6.45, 7) is 6.40. The zero-order valence-electron chi connectivity index (χ0n) is 14.9. The number of allylic oxidation sites excluding steroid dienone is 1. The highest BCUT2D eigenvalue weighted by Crippen LogP contribution is 2.36. The van der Waals surface area contributed by atoms with Gasteiger partial charge in [-0.2, -0.15) is 0 Å². The van der Waals surface area contributed by atoms with Gasteiger partial charge in [-0.05, 0) is 30.1 Å². The quantitative estimate of drug-likeness (QED) is 0.247. The minimum absolute atomic E-state index is 0.0606. The maximum Gasteiger partial charge on any atom is 0.334 e. The molecule has 140 valence electrons. The molecule has 3 atom stereocenters. The van der Waals surface area contributed by atoms with Gasteiger partial charge in [0.15, 0.2) is 0 Å². The first kappa shape index (κ1) is 19.6. The third-order valence-electron chi connectivity index (χ3n) is 4.30. The molecule has 1 aliphatic heterocycles. The van der Waals surface area contributed by atoms with E-state index in [1.807, 2.05) is 0 Å².